The van der Waals surface area contributed by atoms with Gasteiger partial charge in [0.1, 0.15) is 13.2 Å². The largest absolute Gasteiger partial charge is 0.368 e. The Morgan fingerprint density at radius 1 is 0.466 bits per heavy atom. The van der Waals surface area contributed by atoms with Crippen molar-refractivity contribution in [1.29, 1.82) is 0 Å². The van der Waals surface area contributed by atoms with Crippen molar-refractivity contribution < 1.29 is 19.1 Å². The molecular formula is C48H92N6O4. The zero-order valence-electron chi connectivity index (χ0n) is 41.0. The van der Waals surface area contributed by atoms with Crippen LogP contribution in [0, 0.1) is 0 Å². The van der Waals surface area contributed by atoms with E-state index in [9.17, 15) is 9.59 Å². The lowest BCUT2D eigenvalue weighted by molar-refractivity contribution is -0.148. The Bertz CT molecular complexity index is 1230. The van der Waals surface area contributed by atoms with Gasteiger partial charge >= 0.3 is 0 Å². The summed E-state index contributed by atoms with van der Waals surface area (Å²) in [6.45, 7) is 38.1. The monoisotopic (exact) mass is 817 g/mol. The van der Waals surface area contributed by atoms with Gasteiger partial charge in [0.05, 0.1) is 12.2 Å². The van der Waals surface area contributed by atoms with Gasteiger partial charge < -0.3 is 29.9 Å². The van der Waals surface area contributed by atoms with E-state index in [2.05, 4.69) is 155 Å². The predicted molar refractivity (Wildman–Crippen MR) is 240 cm³/mol. The molecule has 0 aliphatic carbocycles. The van der Waals surface area contributed by atoms with E-state index in [0.717, 1.165) is 90.1 Å². The second kappa shape index (κ2) is 17.8. The summed E-state index contributed by atoms with van der Waals surface area (Å²) in [6, 6.07) is 0.321. The van der Waals surface area contributed by atoms with E-state index in [1.807, 2.05) is 0 Å². The van der Waals surface area contributed by atoms with E-state index in [1.165, 1.54) is 0 Å². The molecule has 4 aliphatic rings. The number of carbonyl (C=O) groups excluding carboxylic acids is 2. The number of carbonyl (C=O) groups is 2. The molecule has 4 aliphatic heterocycles. The number of piperidine rings is 4. The summed E-state index contributed by atoms with van der Waals surface area (Å²) in [7, 11) is 4.42. The Morgan fingerprint density at radius 3 is 0.983 bits per heavy atom. The number of hydrogen-bond donors (Lipinski definition) is 2. The van der Waals surface area contributed by atoms with Gasteiger partial charge in [-0.2, -0.15) is 0 Å². The highest BCUT2D eigenvalue weighted by Crippen LogP contribution is 2.40. The molecule has 0 aromatic carbocycles. The van der Waals surface area contributed by atoms with Gasteiger partial charge in [-0.05, 0) is 189 Å². The normalized spacial score (nSPS) is 27.3. The first-order valence-corrected chi connectivity index (χ1v) is 23.1. The van der Waals surface area contributed by atoms with E-state index < -0.39 is 0 Å². The average Bonchev–Trinajstić information content (AvgIpc) is 3.01. The lowest BCUT2D eigenvalue weighted by Gasteiger charge is -2.53. The molecule has 0 saturated carbocycles. The van der Waals surface area contributed by atoms with Gasteiger partial charge in [0.25, 0.3) is 0 Å². The van der Waals surface area contributed by atoms with Crippen molar-refractivity contribution in [2.24, 2.45) is 0 Å². The molecule has 10 heteroatoms. The first kappa shape index (κ1) is 49.4. The zero-order chi connectivity index (χ0) is 43.9. The number of hydrogen-bond acceptors (Lipinski definition) is 8. The summed E-state index contributed by atoms with van der Waals surface area (Å²) in [5, 5.41) is 7.64. The van der Waals surface area contributed by atoms with E-state index >= 15 is 0 Å². The van der Waals surface area contributed by atoms with Crippen molar-refractivity contribution in [3.8, 4) is 0 Å². The standard InChI is InChI=1S/C48H92N6O4/c1-41(2)25-35(26-42(3,4)49-41)53(39(55)33-57-37-29-45(9,10)51(17)46(11,12)30-37)23-21-19-20-22-24-54(36-27-43(5,6)50-44(7,8)28-36)40(56)34-58-38-31-47(13,14)52(18)48(15,16)32-38/h35-38,49-50H,19-34H2,1-18H3. The molecule has 58 heavy (non-hydrogen) atoms. The zero-order valence-corrected chi connectivity index (χ0v) is 41.0. The first-order valence-electron chi connectivity index (χ1n) is 23.1. The van der Waals surface area contributed by atoms with E-state index in [-0.39, 0.29) is 93.6 Å². The molecular weight excluding hydrogens is 725 g/mol. The van der Waals surface area contributed by atoms with Crippen LogP contribution >= 0.6 is 0 Å². The highest BCUT2D eigenvalue weighted by atomic mass is 16.5. The minimum atomic E-state index is -0.0645. The van der Waals surface area contributed by atoms with Crippen LogP contribution in [0.25, 0.3) is 0 Å². The number of amides is 2. The number of nitrogens with zero attached hydrogens (tertiary/aromatic N) is 4. The number of nitrogens with one attached hydrogen (secondary N) is 2. The number of unbranched alkanes of at least 4 members (excludes halogenated alkanes) is 3. The maximum absolute atomic E-state index is 14.2. The van der Waals surface area contributed by atoms with Gasteiger partial charge in [0, 0.05) is 69.5 Å². The maximum atomic E-state index is 14.2. The van der Waals surface area contributed by atoms with Gasteiger partial charge in [0.15, 0.2) is 0 Å². The molecule has 4 heterocycles. The number of rotatable bonds is 15. The Hall–Kier alpha value is -1.30. The van der Waals surface area contributed by atoms with Crippen molar-refractivity contribution >= 4 is 11.8 Å². The maximum Gasteiger partial charge on any atom is 0.248 e. The van der Waals surface area contributed by atoms with Crippen LogP contribution in [-0.2, 0) is 19.1 Å². The topological polar surface area (TPSA) is 89.6 Å². The lowest BCUT2D eigenvalue weighted by Crippen LogP contribution is -2.63. The molecule has 0 atom stereocenters. The van der Waals surface area contributed by atoms with Gasteiger partial charge in [-0.3, -0.25) is 19.4 Å². The smallest absolute Gasteiger partial charge is 0.248 e. The second-order valence-electron chi connectivity index (χ2n) is 24.5. The first-order chi connectivity index (χ1) is 26.3. The molecule has 2 amide bonds. The molecule has 4 rings (SSSR count). The van der Waals surface area contributed by atoms with Crippen LogP contribution in [0.5, 0.6) is 0 Å². The molecule has 0 radical (unpaired) electrons. The Kier molecular flexibility index (Phi) is 15.2. The summed E-state index contributed by atoms with van der Waals surface area (Å²) in [6.07, 6.45) is 11.4. The molecule has 0 aromatic heterocycles. The van der Waals surface area contributed by atoms with Crippen LogP contribution in [-0.4, -0.2) is 140 Å². The van der Waals surface area contributed by atoms with Gasteiger partial charge in [0.2, 0.25) is 11.8 Å². The summed E-state index contributed by atoms with van der Waals surface area (Å²) >= 11 is 0. The van der Waals surface area contributed by atoms with E-state index in [4.69, 9.17) is 9.47 Å². The fourth-order valence-electron chi connectivity index (χ4n) is 12.3. The minimum Gasteiger partial charge on any atom is -0.368 e. The third kappa shape index (κ3) is 13.1. The predicted octanol–water partition coefficient (Wildman–Crippen LogP) is 8.16. The van der Waals surface area contributed by atoms with Gasteiger partial charge in [-0.15, -0.1) is 0 Å². The molecule has 0 unspecified atom stereocenters. The summed E-state index contributed by atoms with van der Waals surface area (Å²) in [4.78, 5) is 37.7. The van der Waals surface area contributed by atoms with Crippen LogP contribution in [0.2, 0.25) is 0 Å². The average molecular weight is 817 g/mol. The van der Waals surface area contributed by atoms with Crippen molar-refractivity contribution in [3.63, 3.8) is 0 Å². The van der Waals surface area contributed by atoms with Crippen molar-refractivity contribution in [2.45, 2.75) is 256 Å². The summed E-state index contributed by atoms with van der Waals surface area (Å²) in [5.74, 6) is 0.245. The number of ether oxygens (including phenoxy) is 2. The van der Waals surface area contributed by atoms with Gasteiger partial charge in [-0.1, -0.05) is 12.8 Å². The van der Waals surface area contributed by atoms with Crippen molar-refractivity contribution in [3.05, 3.63) is 0 Å². The molecule has 0 bridgehead atoms. The molecule has 10 nitrogen and oxygen atoms in total. The number of likely N-dealkylation sites (tertiary alicyclic amines) is 2. The Balaban J connectivity index is 1.39. The van der Waals surface area contributed by atoms with Crippen molar-refractivity contribution in [2.75, 3.05) is 40.4 Å². The lowest BCUT2D eigenvalue weighted by atomic mass is 9.78. The highest BCUT2D eigenvalue weighted by molar-refractivity contribution is 5.78. The minimum absolute atomic E-state index is 0.00677. The molecule has 0 spiro atoms. The fourth-order valence-corrected chi connectivity index (χ4v) is 12.3. The quantitative estimate of drug-likeness (QED) is 0.160. The van der Waals surface area contributed by atoms with Crippen LogP contribution < -0.4 is 10.6 Å². The molecule has 0 aromatic rings. The van der Waals surface area contributed by atoms with E-state index in [1.54, 1.807) is 0 Å². The molecule has 4 saturated heterocycles. The highest BCUT2D eigenvalue weighted by Gasteiger charge is 2.47. The third-order valence-electron chi connectivity index (χ3n) is 14.8. The summed E-state index contributed by atoms with van der Waals surface area (Å²) < 4.78 is 13.0. The summed E-state index contributed by atoms with van der Waals surface area (Å²) in [5.41, 5.74) is -0.231. The van der Waals surface area contributed by atoms with Crippen LogP contribution in [0.3, 0.4) is 0 Å². The van der Waals surface area contributed by atoms with Crippen LogP contribution in [0.1, 0.15) is 188 Å². The van der Waals surface area contributed by atoms with E-state index in [0.29, 0.717) is 0 Å². The fraction of sp³-hybridized carbons (Fsp3) is 0.958. The van der Waals surface area contributed by atoms with Gasteiger partial charge in [-0.25, -0.2) is 0 Å². The van der Waals surface area contributed by atoms with Crippen LogP contribution in [0.4, 0.5) is 0 Å². The molecule has 338 valence electrons. The SMILES string of the molecule is CN1C(C)(C)CC(OCC(=O)N(CCCCCCN(C(=O)COC2CC(C)(C)N(C)C(C)(C)C2)C2CC(C)(C)NC(C)(C)C2)C2CC(C)(C)NC(C)(C)C2)CC1(C)C. The van der Waals surface area contributed by atoms with Crippen LogP contribution in [0.15, 0.2) is 0 Å². The third-order valence-corrected chi connectivity index (χ3v) is 14.8. The van der Waals surface area contributed by atoms with Crippen molar-refractivity contribution in [1.82, 2.24) is 30.2 Å². The Morgan fingerprint density at radius 2 is 0.724 bits per heavy atom. The Labute approximate surface area is 357 Å². The molecule has 4 fully saturated rings. The molecule has 2 N–H and O–H groups in total. The second-order valence-corrected chi connectivity index (χ2v) is 24.5.